The van der Waals surface area contributed by atoms with Crippen molar-refractivity contribution < 1.29 is 0 Å². The van der Waals surface area contributed by atoms with Crippen molar-refractivity contribution >= 4 is 15.9 Å². The highest BCUT2D eigenvalue weighted by molar-refractivity contribution is 9.10. The second-order valence-electron chi connectivity index (χ2n) is 4.32. The van der Waals surface area contributed by atoms with Gasteiger partial charge in [0.05, 0.1) is 6.54 Å². The molecule has 0 saturated carbocycles. The number of rotatable bonds is 3. The van der Waals surface area contributed by atoms with Crippen LogP contribution in [-0.2, 0) is 0 Å². The van der Waals surface area contributed by atoms with Crippen LogP contribution in [0.4, 0.5) is 0 Å². The van der Waals surface area contributed by atoms with Crippen molar-refractivity contribution in [1.82, 2.24) is 5.32 Å². The van der Waals surface area contributed by atoms with Crippen LogP contribution in [0.25, 0.3) is 0 Å². The summed E-state index contributed by atoms with van der Waals surface area (Å²) in [5.41, 5.74) is 2.32. The molecule has 2 rings (SSSR count). The van der Waals surface area contributed by atoms with Gasteiger partial charge >= 0.3 is 0 Å². The summed E-state index contributed by atoms with van der Waals surface area (Å²) in [7, 11) is 0. The molecule has 0 amide bonds. The minimum absolute atomic E-state index is 0.304. The van der Waals surface area contributed by atoms with E-state index in [1.165, 1.54) is 5.56 Å². The maximum absolute atomic E-state index is 3.44. The highest BCUT2D eigenvalue weighted by Crippen LogP contribution is 2.16. The Labute approximate surface area is 123 Å². The maximum Gasteiger partial charge on any atom is 0.0584 e. The van der Waals surface area contributed by atoms with Gasteiger partial charge in [-0.25, -0.2) is 0 Å². The molecule has 0 aliphatic heterocycles. The van der Waals surface area contributed by atoms with E-state index in [1.807, 2.05) is 30.3 Å². The molecule has 0 bridgehead atoms. The van der Waals surface area contributed by atoms with Crippen molar-refractivity contribution in [3.63, 3.8) is 0 Å². The van der Waals surface area contributed by atoms with Gasteiger partial charge in [-0.1, -0.05) is 58.1 Å². The molecular weight excluding hydrogens is 298 g/mol. The summed E-state index contributed by atoms with van der Waals surface area (Å²) in [5, 5.41) is 3.40. The average Bonchev–Trinajstić information content (AvgIpc) is 2.45. The van der Waals surface area contributed by atoms with Gasteiger partial charge in [-0.3, -0.25) is 5.32 Å². The Morgan fingerprint density at radius 1 is 1.05 bits per heavy atom. The Kier molecular flexibility index (Phi) is 5.20. The fraction of sp³-hybridized carbons (Fsp3) is 0.176. The molecule has 0 aliphatic carbocycles. The first-order valence-corrected chi connectivity index (χ1v) is 7.08. The van der Waals surface area contributed by atoms with Crippen LogP contribution < -0.4 is 5.32 Å². The van der Waals surface area contributed by atoms with Crippen LogP contribution in [0.2, 0.25) is 0 Å². The minimum atomic E-state index is 0.304. The molecule has 0 radical (unpaired) electrons. The fourth-order valence-corrected chi connectivity index (χ4v) is 2.01. The van der Waals surface area contributed by atoms with Crippen LogP contribution in [-0.4, -0.2) is 6.54 Å². The molecule has 1 N–H and O–H groups in total. The zero-order chi connectivity index (χ0) is 13.5. The normalized spacial score (nSPS) is 11.5. The predicted octanol–water partition coefficient (Wildman–Crippen LogP) is 4.15. The molecule has 0 spiro atoms. The molecule has 19 heavy (non-hydrogen) atoms. The topological polar surface area (TPSA) is 12.0 Å². The Morgan fingerprint density at radius 2 is 1.74 bits per heavy atom. The fourth-order valence-electron chi connectivity index (χ4n) is 1.74. The van der Waals surface area contributed by atoms with Crippen molar-refractivity contribution in [3.05, 3.63) is 70.2 Å². The molecule has 96 valence electrons. The molecule has 1 nitrogen and oxygen atoms in total. The number of nitrogens with one attached hydrogen (secondary N) is 1. The molecule has 2 heteroatoms. The third-order valence-electron chi connectivity index (χ3n) is 2.87. The number of hydrogen-bond acceptors (Lipinski definition) is 1. The standard InChI is InChI=1S/C17H16BrN/c1-14(16-9-11-17(18)12-10-16)19-13-5-8-15-6-3-2-4-7-15/h2-4,6-7,9-12,14,19H,13H2,1H3/t14-/m0/s1. The lowest BCUT2D eigenvalue weighted by atomic mass is 10.1. The van der Waals surface area contributed by atoms with Crippen LogP contribution in [0.1, 0.15) is 24.1 Å². The van der Waals surface area contributed by atoms with Gasteiger partial charge in [-0.15, -0.1) is 0 Å². The molecule has 0 saturated heterocycles. The first kappa shape index (κ1) is 13.9. The lowest BCUT2D eigenvalue weighted by molar-refractivity contribution is 0.623. The van der Waals surface area contributed by atoms with E-state index in [1.54, 1.807) is 0 Å². The van der Waals surface area contributed by atoms with Crippen molar-refractivity contribution in [2.24, 2.45) is 0 Å². The van der Waals surface area contributed by atoms with Gasteiger partial charge in [0, 0.05) is 16.1 Å². The zero-order valence-corrected chi connectivity index (χ0v) is 12.4. The number of benzene rings is 2. The Bertz CT molecular complexity index is 564. The molecule has 1 atom stereocenters. The lowest BCUT2D eigenvalue weighted by Crippen LogP contribution is -2.18. The smallest absolute Gasteiger partial charge is 0.0584 e. The van der Waals surface area contributed by atoms with Crippen LogP contribution in [0.3, 0.4) is 0 Å². The monoisotopic (exact) mass is 313 g/mol. The average molecular weight is 314 g/mol. The van der Waals surface area contributed by atoms with Crippen LogP contribution >= 0.6 is 15.9 Å². The van der Waals surface area contributed by atoms with E-state index < -0.39 is 0 Å². The quantitative estimate of drug-likeness (QED) is 0.839. The van der Waals surface area contributed by atoms with E-state index in [-0.39, 0.29) is 0 Å². The van der Waals surface area contributed by atoms with E-state index in [2.05, 4.69) is 64.3 Å². The van der Waals surface area contributed by atoms with E-state index in [0.29, 0.717) is 12.6 Å². The summed E-state index contributed by atoms with van der Waals surface area (Å²) in [4.78, 5) is 0. The van der Waals surface area contributed by atoms with Crippen LogP contribution in [0.15, 0.2) is 59.1 Å². The van der Waals surface area contributed by atoms with Gasteiger partial charge < -0.3 is 0 Å². The second-order valence-corrected chi connectivity index (χ2v) is 5.24. The summed E-state index contributed by atoms with van der Waals surface area (Å²) in [5.74, 6) is 6.28. The van der Waals surface area contributed by atoms with Gasteiger partial charge in [0.1, 0.15) is 0 Å². The lowest BCUT2D eigenvalue weighted by Gasteiger charge is -2.11. The number of hydrogen-bond donors (Lipinski definition) is 1. The maximum atomic E-state index is 3.44. The summed E-state index contributed by atoms with van der Waals surface area (Å²) < 4.78 is 1.10. The molecule has 0 unspecified atom stereocenters. The SMILES string of the molecule is C[C@H](NCC#Cc1ccccc1)c1ccc(Br)cc1. The third kappa shape index (κ3) is 4.55. The van der Waals surface area contributed by atoms with Gasteiger partial charge in [-0.2, -0.15) is 0 Å². The largest absolute Gasteiger partial charge is 0.300 e. The van der Waals surface area contributed by atoms with Gasteiger partial charge in [0.2, 0.25) is 0 Å². The molecule has 0 aromatic heterocycles. The van der Waals surface area contributed by atoms with Gasteiger partial charge in [0.25, 0.3) is 0 Å². The van der Waals surface area contributed by atoms with Crippen LogP contribution in [0.5, 0.6) is 0 Å². The third-order valence-corrected chi connectivity index (χ3v) is 3.40. The van der Waals surface area contributed by atoms with E-state index in [9.17, 15) is 0 Å². The van der Waals surface area contributed by atoms with Crippen molar-refractivity contribution in [2.75, 3.05) is 6.54 Å². The zero-order valence-electron chi connectivity index (χ0n) is 10.9. The molecule has 2 aromatic rings. The molecule has 0 heterocycles. The first-order valence-electron chi connectivity index (χ1n) is 6.28. The summed E-state index contributed by atoms with van der Waals surface area (Å²) in [6.45, 7) is 2.83. The van der Waals surface area contributed by atoms with E-state index in [4.69, 9.17) is 0 Å². The van der Waals surface area contributed by atoms with E-state index in [0.717, 1.165) is 10.0 Å². The second kappa shape index (κ2) is 7.13. The molecule has 0 aliphatic rings. The van der Waals surface area contributed by atoms with E-state index >= 15 is 0 Å². The summed E-state index contributed by atoms with van der Waals surface area (Å²) in [6.07, 6.45) is 0. The van der Waals surface area contributed by atoms with Gasteiger partial charge in [-0.05, 0) is 36.8 Å². The van der Waals surface area contributed by atoms with Crippen molar-refractivity contribution in [2.45, 2.75) is 13.0 Å². The van der Waals surface area contributed by atoms with Crippen molar-refractivity contribution in [3.8, 4) is 11.8 Å². The molecular formula is C17H16BrN. The van der Waals surface area contributed by atoms with Crippen LogP contribution in [0, 0.1) is 11.8 Å². The minimum Gasteiger partial charge on any atom is -0.300 e. The Morgan fingerprint density at radius 3 is 2.42 bits per heavy atom. The molecule has 2 aromatic carbocycles. The Balaban J connectivity index is 1.86. The highest BCUT2D eigenvalue weighted by atomic mass is 79.9. The van der Waals surface area contributed by atoms with Gasteiger partial charge in [0.15, 0.2) is 0 Å². The summed E-state index contributed by atoms with van der Waals surface area (Å²) in [6, 6.07) is 18.7. The first-order chi connectivity index (χ1) is 9.25. The predicted molar refractivity (Wildman–Crippen MR) is 83.9 cm³/mol. The number of halogens is 1. The van der Waals surface area contributed by atoms with Crippen molar-refractivity contribution in [1.29, 1.82) is 0 Å². The highest BCUT2D eigenvalue weighted by Gasteiger charge is 2.02. The molecule has 0 fully saturated rings. The Hall–Kier alpha value is -1.56. The summed E-state index contributed by atoms with van der Waals surface area (Å²) >= 11 is 3.44.